The summed E-state index contributed by atoms with van der Waals surface area (Å²) in [5, 5.41) is 14.9. The summed E-state index contributed by atoms with van der Waals surface area (Å²) in [5.74, 6) is -0.0600. The zero-order valence-corrected chi connectivity index (χ0v) is 14.3. The Hall–Kier alpha value is -3.02. The summed E-state index contributed by atoms with van der Waals surface area (Å²) in [5.41, 5.74) is 2.31. The molecule has 0 aliphatic carbocycles. The van der Waals surface area contributed by atoms with Crippen molar-refractivity contribution in [1.82, 2.24) is 10.6 Å². The SMILES string of the molecule is Cc1ccc(OCC(=O)NCCNC(=O)c2ccccc2O)c(C)c1. The number of hydrogen-bond donors (Lipinski definition) is 3. The summed E-state index contributed by atoms with van der Waals surface area (Å²) in [6.45, 7) is 4.36. The lowest BCUT2D eigenvalue weighted by Crippen LogP contribution is -2.36. The molecule has 0 heterocycles. The van der Waals surface area contributed by atoms with Gasteiger partial charge in [0.15, 0.2) is 6.61 Å². The molecule has 0 atom stereocenters. The molecule has 2 amide bonds. The molecule has 0 aromatic heterocycles. The van der Waals surface area contributed by atoms with Crippen LogP contribution in [0.1, 0.15) is 21.5 Å². The minimum atomic E-state index is -0.390. The zero-order valence-electron chi connectivity index (χ0n) is 14.3. The second kappa shape index (κ2) is 8.73. The van der Waals surface area contributed by atoms with Gasteiger partial charge in [0.1, 0.15) is 11.5 Å². The van der Waals surface area contributed by atoms with E-state index in [4.69, 9.17) is 4.74 Å². The zero-order chi connectivity index (χ0) is 18.2. The Labute approximate surface area is 146 Å². The van der Waals surface area contributed by atoms with E-state index in [2.05, 4.69) is 10.6 Å². The standard InChI is InChI=1S/C19H22N2O4/c1-13-7-8-17(14(2)11-13)25-12-18(23)20-9-10-21-19(24)15-5-3-4-6-16(15)22/h3-8,11,22H,9-10,12H2,1-2H3,(H,20,23)(H,21,24). The number of carbonyl (C=O) groups is 2. The van der Waals surface area contributed by atoms with Gasteiger partial charge in [-0.3, -0.25) is 9.59 Å². The predicted octanol–water partition coefficient (Wildman–Crippen LogP) is 1.93. The van der Waals surface area contributed by atoms with Gasteiger partial charge in [0.2, 0.25) is 0 Å². The minimum Gasteiger partial charge on any atom is -0.507 e. The third-order valence-corrected chi connectivity index (χ3v) is 3.57. The summed E-state index contributed by atoms with van der Waals surface area (Å²) >= 11 is 0. The Morgan fingerprint density at radius 3 is 2.48 bits per heavy atom. The van der Waals surface area contributed by atoms with Crippen LogP contribution in [-0.2, 0) is 4.79 Å². The number of phenols is 1. The van der Waals surface area contributed by atoms with E-state index >= 15 is 0 Å². The van der Waals surface area contributed by atoms with Crippen molar-refractivity contribution >= 4 is 11.8 Å². The van der Waals surface area contributed by atoms with E-state index in [1.807, 2.05) is 32.0 Å². The maximum Gasteiger partial charge on any atom is 0.258 e. The molecular weight excluding hydrogens is 320 g/mol. The third kappa shape index (κ3) is 5.53. The maximum absolute atomic E-state index is 11.9. The third-order valence-electron chi connectivity index (χ3n) is 3.57. The Morgan fingerprint density at radius 2 is 1.76 bits per heavy atom. The predicted molar refractivity (Wildman–Crippen MR) is 94.9 cm³/mol. The monoisotopic (exact) mass is 342 g/mol. The fourth-order valence-electron chi connectivity index (χ4n) is 2.29. The van der Waals surface area contributed by atoms with Crippen LogP contribution in [0.3, 0.4) is 0 Å². The Kier molecular flexibility index (Phi) is 6.39. The summed E-state index contributed by atoms with van der Waals surface area (Å²) in [6.07, 6.45) is 0. The molecule has 6 nitrogen and oxygen atoms in total. The Bertz CT molecular complexity index is 759. The molecule has 6 heteroatoms. The highest BCUT2D eigenvalue weighted by Crippen LogP contribution is 2.18. The summed E-state index contributed by atoms with van der Waals surface area (Å²) in [7, 11) is 0. The van der Waals surface area contributed by atoms with Crippen LogP contribution in [0.25, 0.3) is 0 Å². The van der Waals surface area contributed by atoms with Crippen LogP contribution in [-0.4, -0.2) is 36.6 Å². The van der Waals surface area contributed by atoms with E-state index in [-0.39, 0.29) is 42.8 Å². The Morgan fingerprint density at radius 1 is 1.04 bits per heavy atom. The van der Waals surface area contributed by atoms with Gasteiger partial charge in [0.05, 0.1) is 5.56 Å². The van der Waals surface area contributed by atoms with Gasteiger partial charge in [0.25, 0.3) is 11.8 Å². The van der Waals surface area contributed by atoms with E-state index in [0.29, 0.717) is 5.75 Å². The molecule has 0 unspecified atom stereocenters. The van der Waals surface area contributed by atoms with Crippen molar-refractivity contribution in [2.45, 2.75) is 13.8 Å². The van der Waals surface area contributed by atoms with Crippen molar-refractivity contribution in [2.24, 2.45) is 0 Å². The molecule has 0 spiro atoms. The van der Waals surface area contributed by atoms with E-state index < -0.39 is 0 Å². The highest BCUT2D eigenvalue weighted by atomic mass is 16.5. The molecule has 0 saturated carbocycles. The van der Waals surface area contributed by atoms with Crippen molar-refractivity contribution in [3.05, 3.63) is 59.2 Å². The first-order valence-electron chi connectivity index (χ1n) is 8.00. The average Bonchev–Trinajstić information content (AvgIpc) is 2.58. The molecule has 0 bridgehead atoms. The van der Waals surface area contributed by atoms with Crippen molar-refractivity contribution in [3.63, 3.8) is 0 Å². The van der Waals surface area contributed by atoms with Gasteiger partial charge < -0.3 is 20.5 Å². The lowest BCUT2D eigenvalue weighted by molar-refractivity contribution is -0.123. The van der Waals surface area contributed by atoms with Gasteiger partial charge in [-0.2, -0.15) is 0 Å². The van der Waals surface area contributed by atoms with Crippen LogP contribution in [0.2, 0.25) is 0 Å². The normalized spacial score (nSPS) is 10.2. The molecule has 0 aliphatic heterocycles. The van der Waals surface area contributed by atoms with Gasteiger partial charge in [-0.1, -0.05) is 29.8 Å². The summed E-state index contributed by atoms with van der Waals surface area (Å²) < 4.78 is 5.48. The maximum atomic E-state index is 11.9. The minimum absolute atomic E-state index is 0.0779. The highest BCUT2D eigenvalue weighted by Gasteiger charge is 2.09. The second-order valence-corrected chi connectivity index (χ2v) is 5.68. The number of ether oxygens (including phenoxy) is 1. The number of aromatic hydroxyl groups is 1. The van der Waals surface area contributed by atoms with Crippen LogP contribution in [0.5, 0.6) is 11.5 Å². The van der Waals surface area contributed by atoms with Crippen molar-refractivity contribution < 1.29 is 19.4 Å². The van der Waals surface area contributed by atoms with Gasteiger partial charge in [0, 0.05) is 13.1 Å². The number of phenolic OH excluding ortho intramolecular Hbond substituents is 1. The van der Waals surface area contributed by atoms with Gasteiger partial charge in [-0.25, -0.2) is 0 Å². The lowest BCUT2D eigenvalue weighted by atomic mass is 10.1. The smallest absolute Gasteiger partial charge is 0.258 e. The number of amides is 2. The van der Waals surface area contributed by atoms with Crippen LogP contribution >= 0.6 is 0 Å². The van der Waals surface area contributed by atoms with Crippen LogP contribution < -0.4 is 15.4 Å². The molecule has 25 heavy (non-hydrogen) atoms. The highest BCUT2D eigenvalue weighted by molar-refractivity contribution is 5.96. The average molecular weight is 342 g/mol. The number of hydrogen-bond acceptors (Lipinski definition) is 4. The van der Waals surface area contributed by atoms with Crippen molar-refractivity contribution in [3.8, 4) is 11.5 Å². The van der Waals surface area contributed by atoms with E-state index in [9.17, 15) is 14.7 Å². The first-order chi connectivity index (χ1) is 12.0. The second-order valence-electron chi connectivity index (χ2n) is 5.68. The van der Waals surface area contributed by atoms with Crippen LogP contribution in [0.4, 0.5) is 0 Å². The molecule has 0 aliphatic rings. The van der Waals surface area contributed by atoms with Crippen LogP contribution in [0, 0.1) is 13.8 Å². The lowest BCUT2D eigenvalue weighted by Gasteiger charge is -2.11. The van der Waals surface area contributed by atoms with Gasteiger partial charge in [-0.05, 0) is 37.6 Å². The summed E-state index contributed by atoms with van der Waals surface area (Å²) in [6, 6.07) is 12.0. The van der Waals surface area contributed by atoms with E-state index in [1.165, 1.54) is 12.1 Å². The topological polar surface area (TPSA) is 87.7 Å². The largest absolute Gasteiger partial charge is 0.507 e. The number of aryl methyl sites for hydroxylation is 2. The van der Waals surface area contributed by atoms with Crippen molar-refractivity contribution in [2.75, 3.05) is 19.7 Å². The number of carbonyl (C=O) groups excluding carboxylic acids is 2. The fourth-order valence-corrected chi connectivity index (χ4v) is 2.29. The number of rotatable bonds is 7. The first-order valence-corrected chi connectivity index (χ1v) is 8.00. The molecule has 0 saturated heterocycles. The van der Waals surface area contributed by atoms with E-state index in [0.717, 1.165) is 11.1 Å². The number of nitrogens with one attached hydrogen (secondary N) is 2. The number of benzene rings is 2. The molecule has 2 rings (SSSR count). The molecule has 0 fully saturated rings. The molecular formula is C19H22N2O4. The van der Waals surface area contributed by atoms with Gasteiger partial charge >= 0.3 is 0 Å². The van der Waals surface area contributed by atoms with E-state index in [1.54, 1.807) is 12.1 Å². The van der Waals surface area contributed by atoms with Gasteiger partial charge in [-0.15, -0.1) is 0 Å². The molecule has 132 valence electrons. The Balaban J connectivity index is 1.68. The van der Waals surface area contributed by atoms with Crippen molar-refractivity contribution in [1.29, 1.82) is 0 Å². The quantitative estimate of drug-likeness (QED) is 0.671. The molecule has 3 N–H and O–H groups in total. The molecule has 0 radical (unpaired) electrons. The first kappa shape index (κ1) is 18.3. The molecule has 2 aromatic rings. The number of para-hydroxylation sites is 1. The van der Waals surface area contributed by atoms with Crippen LogP contribution in [0.15, 0.2) is 42.5 Å². The fraction of sp³-hybridized carbons (Fsp3) is 0.263. The molecule has 2 aromatic carbocycles. The summed E-state index contributed by atoms with van der Waals surface area (Å²) in [4.78, 5) is 23.7.